The molecule has 0 saturated carbocycles. The molecule has 6 heteroatoms. The van der Waals surface area contributed by atoms with Crippen LogP contribution in [0.25, 0.3) is 0 Å². The average molecular weight is 337 g/mol. The van der Waals surface area contributed by atoms with E-state index in [9.17, 15) is 14.7 Å². The number of rotatable bonds is 3. The lowest BCUT2D eigenvalue weighted by Crippen LogP contribution is -2.58. The van der Waals surface area contributed by atoms with Gasteiger partial charge in [-0.05, 0) is 6.42 Å². The summed E-state index contributed by atoms with van der Waals surface area (Å²) >= 11 is 3.37. The Balaban J connectivity index is 5.49. The molecule has 5 nitrogen and oxygen atoms in total. The Morgan fingerprint density at radius 1 is 1.11 bits per heavy atom. The number of carbonyl (C=O) groups is 2. The lowest BCUT2D eigenvalue weighted by Gasteiger charge is -2.52. The summed E-state index contributed by atoms with van der Waals surface area (Å²) < 4.78 is 5.52. The van der Waals surface area contributed by atoms with Crippen molar-refractivity contribution in [3.8, 4) is 0 Å². The smallest absolute Gasteiger partial charge is 0.413 e. The van der Waals surface area contributed by atoms with Crippen molar-refractivity contribution < 1.29 is 19.4 Å². The molecule has 0 unspecified atom stereocenters. The maximum absolute atomic E-state index is 11.7. The zero-order valence-corrected chi connectivity index (χ0v) is 14.0. The van der Waals surface area contributed by atoms with E-state index in [2.05, 4.69) is 15.9 Å². The van der Waals surface area contributed by atoms with Crippen LogP contribution in [0, 0.1) is 10.8 Å². The van der Waals surface area contributed by atoms with Crippen LogP contribution in [-0.4, -0.2) is 23.1 Å². The van der Waals surface area contributed by atoms with E-state index in [4.69, 9.17) is 4.74 Å². The van der Waals surface area contributed by atoms with Gasteiger partial charge in [-0.3, -0.25) is 5.32 Å². The number of amides is 2. The zero-order chi connectivity index (χ0) is 15.5. The van der Waals surface area contributed by atoms with Crippen molar-refractivity contribution in [2.75, 3.05) is 5.33 Å². The number of carboxylic acid groups (broad SMARTS) is 1. The summed E-state index contributed by atoms with van der Waals surface area (Å²) in [5.41, 5.74) is -1.53. The van der Waals surface area contributed by atoms with Crippen LogP contribution in [0.1, 0.15) is 48.0 Å². The number of hydrogen-bond acceptors (Lipinski definition) is 4. The number of halogens is 1. The molecule has 0 aliphatic rings. The van der Waals surface area contributed by atoms with Gasteiger partial charge in [0, 0.05) is 16.2 Å². The lowest BCUT2D eigenvalue weighted by molar-refractivity contribution is -0.250. The van der Waals surface area contributed by atoms with E-state index in [1.54, 1.807) is 5.32 Å². The predicted molar refractivity (Wildman–Crippen MR) is 75.1 cm³/mol. The van der Waals surface area contributed by atoms with Gasteiger partial charge in [-0.25, -0.2) is 4.79 Å². The Morgan fingerprint density at radius 3 is 1.79 bits per heavy atom. The molecule has 0 aromatic rings. The van der Waals surface area contributed by atoms with Crippen molar-refractivity contribution in [3.05, 3.63) is 0 Å². The van der Waals surface area contributed by atoms with Gasteiger partial charge in [-0.2, -0.15) is 0 Å². The molecule has 19 heavy (non-hydrogen) atoms. The topological polar surface area (TPSA) is 78.5 Å². The molecule has 0 rings (SSSR count). The molecular weight excluding hydrogens is 314 g/mol. The van der Waals surface area contributed by atoms with Crippen LogP contribution in [0.5, 0.6) is 0 Å². The maximum atomic E-state index is 11.7. The third-order valence-electron chi connectivity index (χ3n) is 3.34. The summed E-state index contributed by atoms with van der Waals surface area (Å²) in [6, 6.07) is 0. The van der Waals surface area contributed by atoms with Gasteiger partial charge in [0.15, 0.2) is 0 Å². The lowest BCUT2D eigenvalue weighted by atomic mass is 9.61. The normalized spacial score (nSPS) is 13.0. The molecule has 0 saturated heterocycles. The molecule has 0 aromatic carbocycles. The van der Waals surface area contributed by atoms with Gasteiger partial charge in [-0.15, -0.1) is 0 Å². The Morgan fingerprint density at radius 2 is 1.53 bits per heavy atom. The molecule has 1 N–H and O–H groups in total. The molecule has 0 heterocycles. The van der Waals surface area contributed by atoms with E-state index >= 15 is 0 Å². The summed E-state index contributed by atoms with van der Waals surface area (Å²) in [7, 11) is 0. The summed E-state index contributed by atoms with van der Waals surface area (Å²) in [5, 5.41) is 12.7. The summed E-state index contributed by atoms with van der Waals surface area (Å²) in [6.45, 7) is 11.8. The predicted octanol–water partition coefficient (Wildman–Crippen LogP) is 2.67. The largest absolute Gasteiger partial charge is 0.530 e. The highest BCUT2D eigenvalue weighted by molar-refractivity contribution is 9.09. The first-order chi connectivity index (χ1) is 8.37. The van der Waals surface area contributed by atoms with E-state index in [-0.39, 0.29) is 10.8 Å². The van der Waals surface area contributed by atoms with Gasteiger partial charge in [0.05, 0.1) is 0 Å². The monoisotopic (exact) mass is 336 g/mol. The van der Waals surface area contributed by atoms with Crippen LogP contribution < -0.4 is 10.4 Å². The summed E-state index contributed by atoms with van der Waals surface area (Å²) in [5.74, 6) is 0. The summed E-state index contributed by atoms with van der Waals surface area (Å²) in [4.78, 5) is 22.1. The summed E-state index contributed by atoms with van der Waals surface area (Å²) in [6.07, 6.45) is -2.09. The van der Waals surface area contributed by atoms with E-state index in [1.807, 2.05) is 41.5 Å². The minimum Gasteiger partial charge on any atom is -0.530 e. The Hall–Kier alpha value is -0.780. The molecule has 0 aliphatic carbocycles. The number of alkyl carbamates (subject to hydrolysis) is 1. The third-order valence-corrected chi connectivity index (χ3v) is 3.74. The Kier molecular flexibility index (Phi) is 5.86. The quantitative estimate of drug-likeness (QED) is 0.803. The van der Waals surface area contributed by atoms with Crippen LogP contribution in [-0.2, 0) is 4.74 Å². The second kappa shape index (κ2) is 6.11. The molecule has 0 atom stereocenters. The number of ether oxygens (including phenoxy) is 1. The molecule has 0 fully saturated rings. The molecule has 112 valence electrons. The Labute approximate surface area is 123 Å². The zero-order valence-electron chi connectivity index (χ0n) is 12.4. The molecule has 0 aromatic heterocycles. The highest BCUT2D eigenvalue weighted by Gasteiger charge is 2.53. The number of carbonyl (C=O) groups excluding carboxylic acids is 2. The van der Waals surface area contributed by atoms with Crippen molar-refractivity contribution in [2.24, 2.45) is 10.8 Å². The van der Waals surface area contributed by atoms with Crippen LogP contribution >= 0.6 is 15.9 Å². The number of nitrogens with one attached hydrogen (secondary N) is 1. The number of hydrogen-bond donors (Lipinski definition) is 1. The molecule has 0 spiro atoms. The van der Waals surface area contributed by atoms with Gasteiger partial charge >= 0.3 is 6.09 Å². The fraction of sp³-hybridized carbons (Fsp3) is 0.846. The van der Waals surface area contributed by atoms with Gasteiger partial charge < -0.3 is 14.6 Å². The van der Waals surface area contributed by atoms with Crippen LogP contribution in [0.4, 0.5) is 9.59 Å². The fourth-order valence-corrected chi connectivity index (χ4v) is 3.19. The fourth-order valence-electron chi connectivity index (χ4n) is 2.63. The molecular formula is C13H23BrNO4-. The van der Waals surface area contributed by atoms with Crippen LogP contribution in [0.3, 0.4) is 0 Å². The standard InChI is InChI=1S/C13H24BrNO4/c1-11(2,3)13(7-8-14,12(4,5)6)19-10(18)15-9(16)17/h7-8H2,1-6H3,(H,15,18)(H,16,17)/p-1. The third kappa shape index (κ3) is 4.37. The molecule has 0 radical (unpaired) electrons. The van der Waals surface area contributed by atoms with Crippen molar-refractivity contribution in [1.29, 1.82) is 0 Å². The minimum atomic E-state index is -1.67. The van der Waals surface area contributed by atoms with Gasteiger partial charge in [0.25, 0.3) is 0 Å². The Bertz CT molecular complexity index is 328. The van der Waals surface area contributed by atoms with Crippen LogP contribution in [0.15, 0.2) is 0 Å². The highest BCUT2D eigenvalue weighted by atomic mass is 79.9. The van der Waals surface area contributed by atoms with Crippen LogP contribution in [0.2, 0.25) is 0 Å². The first-order valence-corrected chi connectivity index (χ1v) is 7.26. The first-order valence-electron chi connectivity index (χ1n) is 6.14. The highest BCUT2D eigenvalue weighted by Crippen LogP contribution is 2.49. The number of alkyl halides is 1. The number of imide groups is 1. The molecule has 0 bridgehead atoms. The first kappa shape index (κ1) is 18.2. The second-order valence-electron chi connectivity index (χ2n) is 6.57. The second-order valence-corrected chi connectivity index (χ2v) is 7.36. The van der Waals surface area contributed by atoms with Gasteiger partial charge in [-0.1, -0.05) is 57.5 Å². The van der Waals surface area contributed by atoms with E-state index in [0.29, 0.717) is 11.8 Å². The minimum absolute atomic E-state index is 0.359. The van der Waals surface area contributed by atoms with Crippen molar-refractivity contribution in [2.45, 2.75) is 53.6 Å². The average Bonchev–Trinajstić information content (AvgIpc) is 2.11. The maximum Gasteiger partial charge on any atom is 0.413 e. The van der Waals surface area contributed by atoms with E-state index in [0.717, 1.165) is 0 Å². The van der Waals surface area contributed by atoms with Gasteiger partial charge in [0.1, 0.15) is 11.7 Å². The van der Waals surface area contributed by atoms with Crippen molar-refractivity contribution in [1.82, 2.24) is 5.32 Å². The van der Waals surface area contributed by atoms with Crippen molar-refractivity contribution >= 4 is 28.1 Å². The molecule has 2 amide bonds. The van der Waals surface area contributed by atoms with E-state index in [1.165, 1.54) is 0 Å². The van der Waals surface area contributed by atoms with E-state index < -0.39 is 17.8 Å². The SMILES string of the molecule is CC(C)(C)C(CCBr)(OC(=O)NC(=O)[O-])C(C)(C)C. The van der Waals surface area contributed by atoms with Crippen molar-refractivity contribution in [3.63, 3.8) is 0 Å². The molecule has 0 aliphatic heterocycles. The van der Waals surface area contributed by atoms with Gasteiger partial charge in [0.2, 0.25) is 0 Å².